The van der Waals surface area contributed by atoms with Crippen LogP contribution in [0.2, 0.25) is 5.02 Å². The lowest BCUT2D eigenvalue weighted by Gasteiger charge is -2.32. The molecule has 3 N–H and O–H groups in total. The van der Waals surface area contributed by atoms with Gasteiger partial charge in [-0.15, -0.1) is 0 Å². The van der Waals surface area contributed by atoms with E-state index in [1.807, 2.05) is 27.7 Å². The van der Waals surface area contributed by atoms with Gasteiger partial charge >= 0.3 is 7.12 Å². The van der Waals surface area contributed by atoms with Gasteiger partial charge in [-0.3, -0.25) is 0 Å². The zero-order chi connectivity index (χ0) is 15.8. The summed E-state index contributed by atoms with van der Waals surface area (Å²) in [6.45, 7) is 7.72. The predicted octanol–water partition coefficient (Wildman–Crippen LogP) is 2.93. The number of hydrogen-bond acceptors (Lipinski definition) is 4. The van der Waals surface area contributed by atoms with Crippen LogP contribution < -0.4 is 5.73 Å². The fourth-order valence-corrected chi connectivity index (χ4v) is 2.24. The maximum absolute atomic E-state index is 9.64. The Morgan fingerprint density at radius 1 is 1.29 bits per heavy atom. The third-order valence-electron chi connectivity index (χ3n) is 4.13. The van der Waals surface area contributed by atoms with Crippen LogP contribution in [0.15, 0.2) is 23.7 Å². The molecule has 1 aliphatic heterocycles. The molecular weight excluding hydrogens is 288 g/mol. The molecule has 1 saturated heterocycles. The van der Waals surface area contributed by atoms with Crippen LogP contribution in [-0.4, -0.2) is 30.0 Å². The summed E-state index contributed by atoms with van der Waals surface area (Å²) in [6.07, 6.45) is 1.79. The van der Waals surface area contributed by atoms with Crippen LogP contribution in [0.5, 0.6) is 0 Å². The number of anilines is 1. The van der Waals surface area contributed by atoms with Crippen LogP contribution in [0, 0.1) is 0 Å². The van der Waals surface area contributed by atoms with Gasteiger partial charge in [0.15, 0.2) is 0 Å². The minimum atomic E-state index is -0.588. The highest BCUT2D eigenvalue weighted by Crippen LogP contribution is 2.38. The minimum absolute atomic E-state index is 0.168. The van der Waals surface area contributed by atoms with E-state index in [0.717, 1.165) is 5.56 Å². The number of halogens is 1. The average Bonchev–Trinajstić information content (AvgIpc) is 2.57. The number of aliphatic hydroxyl groups excluding tert-OH is 1. The van der Waals surface area contributed by atoms with Gasteiger partial charge in [0.25, 0.3) is 0 Å². The molecule has 0 radical (unpaired) electrons. The normalized spacial score (nSPS) is 20.9. The van der Waals surface area contributed by atoms with E-state index < -0.39 is 18.3 Å². The van der Waals surface area contributed by atoms with E-state index in [0.29, 0.717) is 16.2 Å². The lowest BCUT2D eigenvalue weighted by molar-refractivity contribution is 0.00578. The van der Waals surface area contributed by atoms with E-state index in [4.69, 9.17) is 26.6 Å². The van der Waals surface area contributed by atoms with E-state index >= 15 is 0 Å². The van der Waals surface area contributed by atoms with Crippen LogP contribution in [0.4, 0.5) is 5.69 Å². The fourth-order valence-electron chi connectivity index (χ4n) is 2.06. The molecule has 1 heterocycles. The zero-order valence-electron chi connectivity index (χ0n) is 12.8. The Bertz CT molecular complexity index is 556. The standard InChI is InChI=1S/C15H21BClNO3/c1-14(2)15(3,4)21-16(20-14)11(9-19)7-10-5-6-12(17)8-13(10)18/h5-8,19H,9,18H2,1-4H3. The molecule has 114 valence electrons. The molecule has 6 heteroatoms. The molecule has 4 nitrogen and oxygen atoms in total. The first kappa shape index (κ1) is 16.4. The molecule has 0 aliphatic carbocycles. The molecule has 0 saturated carbocycles. The fraction of sp³-hybridized carbons (Fsp3) is 0.467. The Hall–Kier alpha value is -1.01. The number of benzene rings is 1. The third-order valence-corrected chi connectivity index (χ3v) is 4.36. The molecule has 0 bridgehead atoms. The van der Waals surface area contributed by atoms with Gasteiger partial charge in [-0.05, 0) is 50.9 Å². The lowest BCUT2D eigenvalue weighted by Crippen LogP contribution is -2.41. The molecule has 1 aromatic rings. The summed E-state index contributed by atoms with van der Waals surface area (Å²) in [5, 5.41) is 10.2. The van der Waals surface area contributed by atoms with Crippen molar-refractivity contribution in [3.05, 3.63) is 34.3 Å². The van der Waals surface area contributed by atoms with Crippen molar-refractivity contribution < 1.29 is 14.4 Å². The van der Waals surface area contributed by atoms with Gasteiger partial charge in [0.1, 0.15) is 0 Å². The Kier molecular flexibility index (Phi) is 4.40. The highest BCUT2D eigenvalue weighted by atomic mass is 35.5. The van der Waals surface area contributed by atoms with Crippen molar-refractivity contribution in [2.75, 3.05) is 12.3 Å². The van der Waals surface area contributed by atoms with Gasteiger partial charge in [-0.1, -0.05) is 23.7 Å². The van der Waals surface area contributed by atoms with Crippen molar-refractivity contribution in [1.29, 1.82) is 0 Å². The summed E-state index contributed by atoms with van der Waals surface area (Å²) in [5.74, 6) is 0. The Morgan fingerprint density at radius 3 is 2.33 bits per heavy atom. The average molecular weight is 310 g/mol. The monoisotopic (exact) mass is 309 g/mol. The van der Waals surface area contributed by atoms with E-state index in [9.17, 15) is 5.11 Å². The van der Waals surface area contributed by atoms with Crippen LogP contribution in [0.1, 0.15) is 33.3 Å². The molecule has 0 amide bonds. The quantitative estimate of drug-likeness (QED) is 0.665. The van der Waals surface area contributed by atoms with Gasteiger partial charge in [0.2, 0.25) is 0 Å². The first-order valence-corrected chi connectivity index (χ1v) is 7.26. The molecular formula is C15H21BClNO3. The summed E-state index contributed by atoms with van der Waals surface area (Å²) < 4.78 is 11.9. The Balaban J connectivity index is 2.31. The highest BCUT2D eigenvalue weighted by molar-refractivity contribution is 6.55. The summed E-state index contributed by atoms with van der Waals surface area (Å²) in [7, 11) is -0.588. The van der Waals surface area contributed by atoms with Crippen molar-refractivity contribution in [1.82, 2.24) is 0 Å². The van der Waals surface area contributed by atoms with Gasteiger partial charge in [0.05, 0.1) is 17.8 Å². The molecule has 2 rings (SSSR count). The van der Waals surface area contributed by atoms with Crippen LogP contribution in [0.3, 0.4) is 0 Å². The van der Waals surface area contributed by atoms with E-state index in [1.54, 1.807) is 24.3 Å². The zero-order valence-corrected chi connectivity index (χ0v) is 13.6. The van der Waals surface area contributed by atoms with Crippen LogP contribution in [0.25, 0.3) is 6.08 Å². The molecule has 1 aromatic carbocycles. The second-order valence-corrected chi connectivity index (χ2v) is 6.68. The van der Waals surface area contributed by atoms with Gasteiger partial charge < -0.3 is 20.1 Å². The Labute approximate surface area is 131 Å². The van der Waals surface area contributed by atoms with Crippen molar-refractivity contribution >= 4 is 30.5 Å². The topological polar surface area (TPSA) is 64.7 Å². The molecule has 1 fully saturated rings. The van der Waals surface area contributed by atoms with Crippen molar-refractivity contribution in [3.63, 3.8) is 0 Å². The maximum atomic E-state index is 9.64. The summed E-state index contributed by atoms with van der Waals surface area (Å²) >= 11 is 5.89. The number of aliphatic hydroxyl groups is 1. The second-order valence-electron chi connectivity index (χ2n) is 6.24. The highest BCUT2D eigenvalue weighted by Gasteiger charge is 2.52. The largest absolute Gasteiger partial charge is 0.492 e. The number of nitrogens with two attached hydrogens (primary N) is 1. The molecule has 1 aliphatic rings. The summed E-state index contributed by atoms with van der Waals surface area (Å²) in [6, 6.07) is 5.23. The molecule has 0 aromatic heterocycles. The summed E-state index contributed by atoms with van der Waals surface area (Å²) in [4.78, 5) is 0. The first-order chi connectivity index (χ1) is 9.66. The molecule has 21 heavy (non-hydrogen) atoms. The van der Waals surface area contributed by atoms with Gasteiger partial charge in [-0.25, -0.2) is 0 Å². The Morgan fingerprint density at radius 2 is 1.86 bits per heavy atom. The van der Waals surface area contributed by atoms with Gasteiger partial charge in [-0.2, -0.15) is 0 Å². The predicted molar refractivity (Wildman–Crippen MR) is 87.0 cm³/mol. The van der Waals surface area contributed by atoms with Crippen LogP contribution in [-0.2, 0) is 9.31 Å². The number of rotatable bonds is 3. The second kappa shape index (κ2) is 5.65. The van der Waals surface area contributed by atoms with Crippen molar-refractivity contribution in [2.24, 2.45) is 0 Å². The lowest BCUT2D eigenvalue weighted by atomic mass is 9.77. The smallest absolute Gasteiger partial charge is 0.400 e. The molecule has 0 atom stereocenters. The van der Waals surface area contributed by atoms with Crippen LogP contribution >= 0.6 is 11.6 Å². The van der Waals surface area contributed by atoms with E-state index in [1.165, 1.54) is 0 Å². The molecule has 0 spiro atoms. The number of hydrogen-bond donors (Lipinski definition) is 2. The minimum Gasteiger partial charge on any atom is -0.400 e. The van der Waals surface area contributed by atoms with Crippen molar-refractivity contribution in [3.8, 4) is 0 Å². The van der Waals surface area contributed by atoms with Gasteiger partial charge in [0, 0.05) is 10.7 Å². The van der Waals surface area contributed by atoms with E-state index in [2.05, 4.69) is 0 Å². The maximum Gasteiger partial charge on any atom is 0.492 e. The third kappa shape index (κ3) is 3.26. The SMILES string of the molecule is CC1(C)OB(C(=Cc2ccc(Cl)cc2N)CO)OC1(C)C. The molecule has 0 unspecified atom stereocenters. The number of nitrogen functional groups attached to an aromatic ring is 1. The summed E-state index contributed by atoms with van der Waals surface area (Å²) in [5.41, 5.74) is 6.99. The van der Waals surface area contributed by atoms with Crippen molar-refractivity contribution in [2.45, 2.75) is 38.9 Å². The first-order valence-electron chi connectivity index (χ1n) is 6.88. The van der Waals surface area contributed by atoms with E-state index in [-0.39, 0.29) is 6.61 Å².